The maximum Gasteiger partial charge on any atom is 0.336 e. The first-order valence-electron chi connectivity index (χ1n) is 2.96. The predicted octanol–water partition coefficient (Wildman–Crippen LogP) is 1.85. The molecule has 58 valence electrons. The van der Waals surface area contributed by atoms with Gasteiger partial charge in [0.05, 0.1) is 10.0 Å². The molecule has 0 aliphatic carbocycles. The SMILES string of the molecule is Cc1cc(C(=O)O)c(Br)cn1. The van der Waals surface area contributed by atoms with E-state index in [1.54, 1.807) is 6.92 Å². The standard InChI is InChI=1S/C7H6BrNO2/c1-4-2-5(7(10)11)6(8)3-9-4/h2-3H,1H3,(H,10,11). The van der Waals surface area contributed by atoms with Gasteiger partial charge in [0.1, 0.15) is 0 Å². The lowest BCUT2D eigenvalue weighted by Crippen LogP contribution is -1.98. The Morgan fingerprint density at radius 2 is 2.36 bits per heavy atom. The molecule has 0 aliphatic heterocycles. The Bertz CT molecular complexity index is 298. The number of carboxylic acid groups (broad SMARTS) is 1. The highest BCUT2D eigenvalue weighted by atomic mass is 79.9. The fourth-order valence-corrected chi connectivity index (χ4v) is 1.09. The molecule has 0 saturated heterocycles. The van der Waals surface area contributed by atoms with Crippen molar-refractivity contribution in [3.8, 4) is 0 Å². The predicted molar refractivity (Wildman–Crippen MR) is 43.6 cm³/mol. The van der Waals surface area contributed by atoms with E-state index in [4.69, 9.17) is 5.11 Å². The lowest BCUT2D eigenvalue weighted by atomic mass is 10.2. The number of aryl methyl sites for hydroxylation is 1. The highest BCUT2D eigenvalue weighted by Gasteiger charge is 2.07. The molecule has 3 nitrogen and oxygen atoms in total. The summed E-state index contributed by atoms with van der Waals surface area (Å²) in [5.41, 5.74) is 0.947. The fourth-order valence-electron chi connectivity index (χ4n) is 0.707. The first-order valence-corrected chi connectivity index (χ1v) is 3.76. The van der Waals surface area contributed by atoms with Gasteiger partial charge < -0.3 is 5.11 Å². The summed E-state index contributed by atoms with van der Waals surface area (Å²) in [6.45, 7) is 1.75. The van der Waals surface area contributed by atoms with Crippen molar-refractivity contribution in [1.82, 2.24) is 4.98 Å². The molecule has 0 bridgehead atoms. The number of nitrogens with zero attached hydrogens (tertiary/aromatic N) is 1. The Kier molecular flexibility index (Phi) is 2.24. The van der Waals surface area contributed by atoms with Gasteiger partial charge in [-0.15, -0.1) is 0 Å². The topological polar surface area (TPSA) is 50.2 Å². The minimum atomic E-state index is -0.942. The fraction of sp³-hybridized carbons (Fsp3) is 0.143. The van der Waals surface area contributed by atoms with Crippen LogP contribution in [0.5, 0.6) is 0 Å². The van der Waals surface area contributed by atoms with Gasteiger partial charge in [-0.25, -0.2) is 4.79 Å². The lowest BCUT2D eigenvalue weighted by Gasteiger charge is -1.97. The Morgan fingerprint density at radius 3 is 2.82 bits per heavy atom. The molecule has 0 atom stereocenters. The van der Waals surface area contributed by atoms with Gasteiger partial charge in [0.2, 0.25) is 0 Å². The molecule has 0 saturated carbocycles. The molecule has 0 fully saturated rings. The molecule has 11 heavy (non-hydrogen) atoms. The summed E-state index contributed by atoms with van der Waals surface area (Å²) in [7, 11) is 0. The first-order chi connectivity index (χ1) is 5.11. The summed E-state index contributed by atoms with van der Waals surface area (Å²) in [6.07, 6.45) is 1.48. The summed E-state index contributed by atoms with van der Waals surface area (Å²) in [5.74, 6) is -0.942. The van der Waals surface area contributed by atoms with Crippen molar-refractivity contribution in [3.05, 3.63) is 28.0 Å². The van der Waals surface area contributed by atoms with Crippen LogP contribution in [0, 0.1) is 6.92 Å². The summed E-state index contributed by atoms with van der Waals surface area (Å²) in [5, 5.41) is 8.63. The third kappa shape index (κ3) is 1.77. The van der Waals surface area contributed by atoms with Crippen molar-refractivity contribution in [3.63, 3.8) is 0 Å². The molecule has 4 heteroatoms. The second-order valence-electron chi connectivity index (χ2n) is 2.11. The van der Waals surface area contributed by atoms with Crippen LogP contribution in [-0.4, -0.2) is 16.1 Å². The van der Waals surface area contributed by atoms with Crippen molar-refractivity contribution >= 4 is 21.9 Å². The van der Waals surface area contributed by atoms with Gasteiger partial charge in [0.25, 0.3) is 0 Å². The maximum atomic E-state index is 10.5. The van der Waals surface area contributed by atoms with Crippen LogP contribution in [0.4, 0.5) is 0 Å². The molecule has 0 aromatic carbocycles. The molecule has 1 heterocycles. The van der Waals surface area contributed by atoms with Gasteiger partial charge in [-0.3, -0.25) is 4.98 Å². The summed E-state index contributed by atoms with van der Waals surface area (Å²) in [4.78, 5) is 14.4. The van der Waals surface area contributed by atoms with Gasteiger partial charge in [-0.2, -0.15) is 0 Å². The summed E-state index contributed by atoms with van der Waals surface area (Å²) >= 11 is 3.09. The van der Waals surface area contributed by atoms with Crippen molar-refractivity contribution in [2.24, 2.45) is 0 Å². The van der Waals surface area contributed by atoms with E-state index in [-0.39, 0.29) is 5.56 Å². The Labute approximate surface area is 72.2 Å². The number of aromatic nitrogens is 1. The van der Waals surface area contributed by atoms with Gasteiger partial charge in [-0.05, 0) is 28.9 Å². The number of halogens is 1. The van der Waals surface area contributed by atoms with Gasteiger partial charge in [0.15, 0.2) is 0 Å². The van der Waals surface area contributed by atoms with Crippen LogP contribution in [0.1, 0.15) is 16.1 Å². The zero-order valence-electron chi connectivity index (χ0n) is 5.84. The quantitative estimate of drug-likeness (QED) is 0.779. The van der Waals surface area contributed by atoms with Gasteiger partial charge >= 0.3 is 5.97 Å². The molecule has 1 rings (SSSR count). The van der Waals surface area contributed by atoms with Gasteiger partial charge in [-0.1, -0.05) is 0 Å². The van der Waals surface area contributed by atoms with Gasteiger partial charge in [0, 0.05) is 11.9 Å². The number of rotatable bonds is 1. The Balaban J connectivity index is 3.23. The van der Waals surface area contributed by atoms with Crippen molar-refractivity contribution in [2.75, 3.05) is 0 Å². The van der Waals surface area contributed by atoms with E-state index in [1.165, 1.54) is 12.3 Å². The maximum absolute atomic E-state index is 10.5. The highest BCUT2D eigenvalue weighted by Crippen LogP contribution is 2.15. The second-order valence-corrected chi connectivity index (χ2v) is 2.97. The Morgan fingerprint density at radius 1 is 1.73 bits per heavy atom. The third-order valence-corrected chi connectivity index (χ3v) is 1.85. The summed E-state index contributed by atoms with van der Waals surface area (Å²) in [6, 6.07) is 1.52. The van der Waals surface area contributed by atoms with Crippen molar-refractivity contribution < 1.29 is 9.90 Å². The number of hydrogen-bond acceptors (Lipinski definition) is 2. The number of pyridine rings is 1. The Hall–Kier alpha value is -0.900. The number of carbonyl (C=O) groups is 1. The van der Waals surface area contributed by atoms with E-state index in [0.29, 0.717) is 10.2 Å². The molecule has 0 radical (unpaired) electrons. The van der Waals surface area contributed by atoms with Crippen molar-refractivity contribution in [1.29, 1.82) is 0 Å². The number of carboxylic acids is 1. The molecular formula is C7H6BrNO2. The first kappa shape index (κ1) is 8.20. The van der Waals surface area contributed by atoms with Crippen LogP contribution >= 0.6 is 15.9 Å². The molecule has 0 amide bonds. The third-order valence-electron chi connectivity index (χ3n) is 1.22. The highest BCUT2D eigenvalue weighted by molar-refractivity contribution is 9.10. The number of hydrogen-bond donors (Lipinski definition) is 1. The monoisotopic (exact) mass is 215 g/mol. The largest absolute Gasteiger partial charge is 0.478 e. The molecule has 1 N–H and O–H groups in total. The molecule has 1 aromatic heterocycles. The van der Waals surface area contributed by atoms with E-state index in [9.17, 15) is 4.79 Å². The van der Waals surface area contributed by atoms with Crippen LogP contribution < -0.4 is 0 Å². The zero-order valence-corrected chi connectivity index (χ0v) is 7.42. The molecule has 0 aliphatic rings. The zero-order chi connectivity index (χ0) is 8.43. The van der Waals surface area contributed by atoms with E-state index in [2.05, 4.69) is 20.9 Å². The normalized spacial score (nSPS) is 9.64. The lowest BCUT2D eigenvalue weighted by molar-refractivity contribution is 0.0695. The molecule has 0 spiro atoms. The molecule has 0 unspecified atom stereocenters. The average Bonchev–Trinajstić information content (AvgIpc) is 1.94. The van der Waals surface area contributed by atoms with Crippen LogP contribution in [-0.2, 0) is 0 Å². The smallest absolute Gasteiger partial charge is 0.336 e. The summed E-state index contributed by atoms with van der Waals surface area (Å²) < 4.78 is 0.510. The number of aromatic carboxylic acids is 1. The van der Waals surface area contributed by atoms with Crippen LogP contribution in [0.15, 0.2) is 16.7 Å². The van der Waals surface area contributed by atoms with Crippen LogP contribution in [0.25, 0.3) is 0 Å². The van der Waals surface area contributed by atoms with Crippen LogP contribution in [0.2, 0.25) is 0 Å². The molecule has 1 aromatic rings. The van der Waals surface area contributed by atoms with E-state index >= 15 is 0 Å². The average molecular weight is 216 g/mol. The minimum absolute atomic E-state index is 0.248. The van der Waals surface area contributed by atoms with E-state index in [1.807, 2.05) is 0 Å². The molecular weight excluding hydrogens is 210 g/mol. The minimum Gasteiger partial charge on any atom is -0.478 e. The van der Waals surface area contributed by atoms with Crippen molar-refractivity contribution in [2.45, 2.75) is 6.92 Å². The second kappa shape index (κ2) is 3.00. The van der Waals surface area contributed by atoms with E-state index in [0.717, 1.165) is 0 Å². The van der Waals surface area contributed by atoms with Crippen LogP contribution in [0.3, 0.4) is 0 Å². The van der Waals surface area contributed by atoms with E-state index < -0.39 is 5.97 Å².